The maximum atomic E-state index is 13.1. The fourth-order valence-electron chi connectivity index (χ4n) is 6.22. The van der Waals surface area contributed by atoms with Gasteiger partial charge in [0.15, 0.2) is 11.6 Å². The lowest BCUT2D eigenvalue weighted by atomic mass is 9.51. The highest BCUT2D eigenvalue weighted by Gasteiger charge is 2.55. The highest BCUT2D eigenvalue weighted by atomic mass is 16.1. The molecule has 4 aliphatic rings. The molecule has 0 saturated carbocycles. The van der Waals surface area contributed by atoms with Gasteiger partial charge in [-0.3, -0.25) is 9.59 Å². The van der Waals surface area contributed by atoms with Crippen LogP contribution in [-0.2, 0) is 9.59 Å². The second-order valence-electron chi connectivity index (χ2n) is 8.80. The van der Waals surface area contributed by atoms with Gasteiger partial charge in [0, 0.05) is 23.7 Å². The first-order valence-corrected chi connectivity index (χ1v) is 10.5. The van der Waals surface area contributed by atoms with E-state index in [9.17, 15) is 9.59 Å². The maximum absolute atomic E-state index is 13.1. The summed E-state index contributed by atoms with van der Waals surface area (Å²) >= 11 is 0. The lowest BCUT2D eigenvalue weighted by Gasteiger charge is -2.50. The van der Waals surface area contributed by atoms with Gasteiger partial charge in [-0.2, -0.15) is 0 Å². The molecule has 30 heavy (non-hydrogen) atoms. The summed E-state index contributed by atoms with van der Waals surface area (Å²) in [5.41, 5.74) is 4.89. The summed E-state index contributed by atoms with van der Waals surface area (Å²) in [5, 5.41) is 4.75. The van der Waals surface area contributed by atoms with Crippen molar-refractivity contribution < 1.29 is 9.59 Å². The lowest BCUT2D eigenvalue weighted by molar-refractivity contribution is -0.131. The van der Waals surface area contributed by atoms with Crippen LogP contribution < -0.4 is 0 Å². The van der Waals surface area contributed by atoms with Crippen molar-refractivity contribution in [3.05, 3.63) is 107 Å². The number of benzene rings is 4. The second-order valence-corrected chi connectivity index (χ2v) is 8.80. The average molecular weight is 386 g/mol. The molecule has 0 spiro atoms. The standard InChI is InChI=1S/C28H18O2/c29-23-9-10-24(30)28-26-20-12-16-6-2-1-5-15(16)11-19(20)25(27(23)28)21-13-17-7-3-4-8-18(17)14-22(21)26/h1-14,25-28H. The van der Waals surface area contributed by atoms with Gasteiger partial charge in [-0.1, -0.05) is 72.8 Å². The van der Waals surface area contributed by atoms with E-state index in [2.05, 4.69) is 72.8 Å². The minimum atomic E-state index is -0.296. The van der Waals surface area contributed by atoms with E-state index in [4.69, 9.17) is 0 Å². The van der Waals surface area contributed by atoms with Crippen LogP contribution in [0.15, 0.2) is 84.9 Å². The Balaban J connectivity index is 1.61. The monoisotopic (exact) mass is 386 g/mol. The molecule has 0 saturated heterocycles. The molecule has 4 aromatic rings. The first-order chi connectivity index (χ1) is 14.7. The Bertz CT molecular complexity index is 1260. The number of hydrogen-bond donors (Lipinski definition) is 0. The SMILES string of the molecule is O=C1C=CC(=O)C2C3c4cc5ccccc5cc4C(c4cc5ccccc5cc43)C12. The molecule has 4 aromatic carbocycles. The average Bonchev–Trinajstić information content (AvgIpc) is 2.78. The molecule has 2 unspecified atom stereocenters. The molecule has 4 aliphatic carbocycles. The molecule has 0 aromatic heterocycles. The molecule has 0 heterocycles. The number of hydrogen-bond acceptors (Lipinski definition) is 2. The summed E-state index contributed by atoms with van der Waals surface area (Å²) < 4.78 is 0. The fraction of sp³-hybridized carbons (Fsp3) is 0.143. The lowest BCUT2D eigenvalue weighted by Crippen LogP contribution is -2.48. The van der Waals surface area contributed by atoms with Crippen LogP contribution >= 0.6 is 0 Å². The Morgan fingerprint density at radius 2 is 0.767 bits per heavy atom. The molecule has 142 valence electrons. The molecule has 2 nitrogen and oxygen atoms in total. The number of carbonyl (C=O) groups is 2. The summed E-state index contributed by atoms with van der Waals surface area (Å²) in [4.78, 5) is 26.1. The van der Waals surface area contributed by atoms with E-state index in [1.807, 2.05) is 0 Å². The maximum Gasteiger partial charge on any atom is 0.160 e. The first kappa shape index (κ1) is 16.3. The van der Waals surface area contributed by atoms with Crippen molar-refractivity contribution in [2.45, 2.75) is 11.8 Å². The van der Waals surface area contributed by atoms with Crippen LogP contribution in [0.4, 0.5) is 0 Å². The third-order valence-corrected chi connectivity index (χ3v) is 7.42. The molecule has 2 atom stereocenters. The molecule has 0 fully saturated rings. The van der Waals surface area contributed by atoms with E-state index in [0.29, 0.717) is 0 Å². The highest BCUT2D eigenvalue weighted by molar-refractivity contribution is 6.10. The molecular formula is C28H18O2. The Hall–Kier alpha value is -3.52. The number of allylic oxidation sites excluding steroid dienone is 2. The smallest absolute Gasteiger partial charge is 0.160 e. The van der Waals surface area contributed by atoms with Gasteiger partial charge in [0.2, 0.25) is 0 Å². The molecule has 0 N–H and O–H groups in total. The van der Waals surface area contributed by atoms with Crippen molar-refractivity contribution in [3.63, 3.8) is 0 Å². The van der Waals surface area contributed by atoms with Crippen LogP contribution in [0.1, 0.15) is 34.1 Å². The summed E-state index contributed by atoms with van der Waals surface area (Å²) in [6.07, 6.45) is 3.01. The van der Waals surface area contributed by atoms with E-state index < -0.39 is 0 Å². The molecule has 0 radical (unpaired) electrons. The molecule has 0 aliphatic heterocycles. The van der Waals surface area contributed by atoms with Gasteiger partial charge in [0.25, 0.3) is 0 Å². The van der Waals surface area contributed by atoms with Crippen molar-refractivity contribution in [2.75, 3.05) is 0 Å². The third-order valence-electron chi connectivity index (χ3n) is 7.42. The van der Waals surface area contributed by atoms with Gasteiger partial charge in [-0.25, -0.2) is 0 Å². The summed E-state index contributed by atoms with van der Waals surface area (Å²) in [5.74, 6) is -0.551. The van der Waals surface area contributed by atoms with E-state index in [1.165, 1.54) is 56.0 Å². The Morgan fingerprint density at radius 3 is 1.07 bits per heavy atom. The van der Waals surface area contributed by atoms with E-state index in [0.717, 1.165) is 0 Å². The van der Waals surface area contributed by atoms with Gasteiger partial charge in [0.1, 0.15) is 0 Å². The normalized spacial score (nSPS) is 26.0. The molecular weight excluding hydrogens is 368 g/mol. The minimum absolute atomic E-state index is 0.0689. The number of ketones is 2. The van der Waals surface area contributed by atoms with Crippen LogP contribution in [-0.4, -0.2) is 11.6 Å². The van der Waals surface area contributed by atoms with Crippen molar-refractivity contribution in [3.8, 4) is 0 Å². The van der Waals surface area contributed by atoms with Crippen LogP contribution in [0, 0.1) is 11.8 Å². The van der Waals surface area contributed by atoms with Crippen LogP contribution in [0.25, 0.3) is 21.5 Å². The quantitative estimate of drug-likeness (QED) is 0.398. The largest absolute Gasteiger partial charge is 0.294 e. The Labute approximate surface area is 173 Å². The van der Waals surface area contributed by atoms with Crippen LogP contribution in [0.3, 0.4) is 0 Å². The van der Waals surface area contributed by atoms with Gasteiger partial charge < -0.3 is 0 Å². The molecule has 8 rings (SSSR count). The predicted molar refractivity (Wildman–Crippen MR) is 118 cm³/mol. The zero-order valence-electron chi connectivity index (χ0n) is 16.2. The van der Waals surface area contributed by atoms with Crippen molar-refractivity contribution in [1.82, 2.24) is 0 Å². The summed E-state index contributed by atoms with van der Waals surface area (Å²) in [6.45, 7) is 0. The Morgan fingerprint density at radius 1 is 0.467 bits per heavy atom. The Kier molecular flexibility index (Phi) is 3.01. The van der Waals surface area contributed by atoms with E-state index in [-0.39, 0.29) is 35.2 Å². The number of fused-ring (bicyclic) bond motifs is 2. The van der Waals surface area contributed by atoms with Gasteiger partial charge >= 0.3 is 0 Å². The van der Waals surface area contributed by atoms with E-state index in [1.54, 1.807) is 0 Å². The van der Waals surface area contributed by atoms with Gasteiger partial charge in [-0.05, 0) is 56.0 Å². The zero-order valence-corrected chi connectivity index (χ0v) is 16.2. The number of rotatable bonds is 0. The molecule has 0 amide bonds. The molecule has 2 heteroatoms. The van der Waals surface area contributed by atoms with Crippen LogP contribution in [0.2, 0.25) is 0 Å². The summed E-state index contributed by atoms with van der Waals surface area (Å²) in [7, 11) is 0. The van der Waals surface area contributed by atoms with Crippen molar-refractivity contribution in [1.29, 1.82) is 0 Å². The zero-order chi connectivity index (χ0) is 20.0. The number of carbonyl (C=O) groups excluding carboxylic acids is 2. The first-order valence-electron chi connectivity index (χ1n) is 10.5. The topological polar surface area (TPSA) is 34.1 Å². The predicted octanol–water partition coefficient (Wildman–Crippen LogP) is 5.52. The molecule has 2 bridgehead atoms. The van der Waals surface area contributed by atoms with Gasteiger partial charge in [-0.15, -0.1) is 0 Å². The second kappa shape index (κ2) is 5.54. The highest BCUT2D eigenvalue weighted by Crippen LogP contribution is 2.60. The van der Waals surface area contributed by atoms with Crippen molar-refractivity contribution in [2.24, 2.45) is 11.8 Å². The van der Waals surface area contributed by atoms with Gasteiger partial charge in [0.05, 0.1) is 0 Å². The van der Waals surface area contributed by atoms with Crippen LogP contribution in [0.5, 0.6) is 0 Å². The summed E-state index contributed by atoms with van der Waals surface area (Å²) in [6, 6.07) is 25.8. The fourth-order valence-corrected chi connectivity index (χ4v) is 6.22. The van der Waals surface area contributed by atoms with Crippen molar-refractivity contribution >= 4 is 33.1 Å². The minimum Gasteiger partial charge on any atom is -0.294 e. The van der Waals surface area contributed by atoms with E-state index >= 15 is 0 Å². The third kappa shape index (κ3) is 1.94.